The van der Waals surface area contributed by atoms with Crippen LogP contribution in [0.15, 0.2) is 42.6 Å². The number of nitrogens with zero attached hydrogens (tertiary/aromatic N) is 3. The number of hydrogen-bond acceptors (Lipinski definition) is 6. The number of benzene rings is 1. The minimum absolute atomic E-state index is 0.000341. The fourth-order valence-corrected chi connectivity index (χ4v) is 3.41. The van der Waals surface area contributed by atoms with Gasteiger partial charge in [-0.3, -0.25) is 4.79 Å². The first kappa shape index (κ1) is 26.0. The standard InChI is InChI=1S/C23H30N3O3.C2H4O2/c1-17(27)18-9-10-19-21(16-18)25-11-7-6-8-20(25)22(19)23(28)29-15-14-26(4,5)13-12-24(2)3;1-2(3)4/h6-11,16H,12-15H2,1-5H3;1H3,(H,3,4)/q+1;/p-1. The normalized spacial score (nSPS) is 11.4. The van der Waals surface area contributed by atoms with Gasteiger partial charge >= 0.3 is 5.97 Å². The van der Waals surface area contributed by atoms with Crippen LogP contribution in [0.25, 0.3) is 16.4 Å². The van der Waals surface area contributed by atoms with Gasteiger partial charge in [-0.1, -0.05) is 18.2 Å². The third-order valence-electron chi connectivity index (χ3n) is 5.34. The number of likely N-dealkylation sites (N-methyl/N-ethyl adjacent to an activating group) is 2. The van der Waals surface area contributed by atoms with E-state index in [0.29, 0.717) is 17.7 Å². The number of quaternary nitrogens is 1. The molecule has 0 aliphatic rings. The Morgan fingerprint density at radius 3 is 2.30 bits per heavy atom. The lowest BCUT2D eigenvalue weighted by Gasteiger charge is -2.30. The smallest absolute Gasteiger partial charge is 0.341 e. The van der Waals surface area contributed by atoms with Gasteiger partial charge in [0, 0.05) is 29.7 Å². The third kappa shape index (κ3) is 7.13. The summed E-state index contributed by atoms with van der Waals surface area (Å²) in [7, 11) is 8.40. The lowest BCUT2D eigenvalue weighted by atomic mass is 10.1. The Morgan fingerprint density at radius 1 is 1.03 bits per heavy atom. The zero-order valence-corrected chi connectivity index (χ0v) is 20.3. The SMILES string of the molecule is CC(=O)[O-].CC(=O)c1ccc2c(C(=O)OCC[N+](C)(C)CCN(C)C)c3ccccn3c2c1. The summed E-state index contributed by atoms with van der Waals surface area (Å²) < 4.78 is 8.40. The van der Waals surface area contributed by atoms with Crippen molar-refractivity contribution in [1.29, 1.82) is 0 Å². The Hall–Kier alpha value is -3.23. The number of pyridine rings is 1. The molecular formula is C25H33N3O5. The summed E-state index contributed by atoms with van der Waals surface area (Å²) in [5, 5.41) is 9.69. The molecule has 2 heterocycles. The summed E-state index contributed by atoms with van der Waals surface area (Å²) in [6, 6.07) is 11.2. The van der Waals surface area contributed by atoms with Gasteiger partial charge in [0.2, 0.25) is 0 Å². The van der Waals surface area contributed by atoms with E-state index in [4.69, 9.17) is 14.6 Å². The van der Waals surface area contributed by atoms with E-state index in [0.717, 1.165) is 47.5 Å². The summed E-state index contributed by atoms with van der Waals surface area (Å²) in [5.74, 6) is -1.41. The number of ketones is 1. The molecule has 0 fully saturated rings. The molecule has 0 aliphatic heterocycles. The van der Waals surface area contributed by atoms with E-state index in [1.54, 1.807) is 13.0 Å². The maximum absolute atomic E-state index is 13.0. The van der Waals surface area contributed by atoms with E-state index in [-0.39, 0.29) is 11.8 Å². The van der Waals surface area contributed by atoms with Crippen LogP contribution in [0.4, 0.5) is 0 Å². The van der Waals surface area contributed by atoms with Crippen molar-refractivity contribution in [1.82, 2.24) is 9.30 Å². The number of carbonyl (C=O) groups is 3. The third-order valence-corrected chi connectivity index (χ3v) is 5.34. The molecule has 0 N–H and O–H groups in total. The number of carboxylic acid groups (broad SMARTS) is 1. The highest BCUT2D eigenvalue weighted by Gasteiger charge is 2.22. The minimum atomic E-state index is -1.08. The lowest BCUT2D eigenvalue weighted by Crippen LogP contribution is -2.46. The molecule has 8 heteroatoms. The maximum atomic E-state index is 13.0. The highest BCUT2D eigenvalue weighted by Crippen LogP contribution is 2.28. The Balaban J connectivity index is 0.000000890. The predicted octanol–water partition coefficient (Wildman–Crippen LogP) is 1.85. The van der Waals surface area contributed by atoms with Crippen molar-refractivity contribution in [3.05, 3.63) is 53.7 Å². The summed E-state index contributed by atoms with van der Waals surface area (Å²) in [6.07, 6.45) is 1.90. The molecular weight excluding hydrogens is 422 g/mol. The number of fused-ring (bicyclic) bond motifs is 3. The van der Waals surface area contributed by atoms with Crippen molar-refractivity contribution in [2.45, 2.75) is 13.8 Å². The molecule has 0 bridgehead atoms. The second-order valence-corrected chi connectivity index (χ2v) is 8.93. The number of esters is 1. The molecule has 1 aromatic carbocycles. The van der Waals surface area contributed by atoms with Gasteiger partial charge in [-0.15, -0.1) is 0 Å². The van der Waals surface area contributed by atoms with Gasteiger partial charge in [-0.25, -0.2) is 4.79 Å². The molecule has 8 nitrogen and oxygen atoms in total. The summed E-state index contributed by atoms with van der Waals surface area (Å²) in [6.45, 7) is 5.58. The van der Waals surface area contributed by atoms with Gasteiger partial charge in [-0.2, -0.15) is 0 Å². The van der Waals surface area contributed by atoms with Crippen LogP contribution in [-0.4, -0.2) is 85.9 Å². The zero-order chi connectivity index (χ0) is 24.8. The summed E-state index contributed by atoms with van der Waals surface area (Å²) >= 11 is 0. The monoisotopic (exact) mass is 455 g/mol. The Bertz CT molecular complexity index is 1140. The van der Waals surface area contributed by atoms with Gasteiger partial charge in [0.05, 0.1) is 37.2 Å². The fraction of sp³-hybridized carbons (Fsp3) is 0.400. The number of carboxylic acids is 1. The molecule has 178 valence electrons. The van der Waals surface area contributed by atoms with Gasteiger partial charge < -0.3 is 28.4 Å². The average Bonchev–Trinajstić information content (AvgIpc) is 3.05. The van der Waals surface area contributed by atoms with Crippen LogP contribution >= 0.6 is 0 Å². The maximum Gasteiger partial charge on any atom is 0.341 e. The van der Waals surface area contributed by atoms with Crippen LogP contribution < -0.4 is 5.11 Å². The van der Waals surface area contributed by atoms with Crippen molar-refractivity contribution in [3.8, 4) is 0 Å². The number of carbonyl (C=O) groups excluding carboxylic acids is 3. The molecule has 0 atom stereocenters. The molecule has 3 rings (SSSR count). The number of aliphatic carboxylic acids is 1. The first-order chi connectivity index (χ1) is 15.4. The van der Waals surface area contributed by atoms with Crippen LogP contribution in [-0.2, 0) is 9.53 Å². The van der Waals surface area contributed by atoms with E-state index in [2.05, 4.69) is 33.1 Å². The van der Waals surface area contributed by atoms with Gasteiger partial charge in [0.1, 0.15) is 13.2 Å². The molecule has 0 spiro atoms. The summed E-state index contributed by atoms with van der Waals surface area (Å²) in [4.78, 5) is 35.8. The van der Waals surface area contributed by atoms with Crippen LogP contribution in [0.5, 0.6) is 0 Å². The first-order valence-corrected chi connectivity index (χ1v) is 10.8. The van der Waals surface area contributed by atoms with Crippen LogP contribution in [0, 0.1) is 0 Å². The van der Waals surface area contributed by atoms with Crippen molar-refractivity contribution in [3.63, 3.8) is 0 Å². The van der Waals surface area contributed by atoms with Gasteiger partial charge in [0.25, 0.3) is 0 Å². The number of Topliss-reactive ketones (excluding diaryl/α,β-unsaturated/α-hetero) is 1. The molecule has 33 heavy (non-hydrogen) atoms. The quantitative estimate of drug-likeness (QED) is 0.292. The van der Waals surface area contributed by atoms with E-state index in [9.17, 15) is 9.59 Å². The van der Waals surface area contributed by atoms with Crippen LogP contribution in [0.3, 0.4) is 0 Å². The molecule has 0 aliphatic carbocycles. The molecule has 3 aromatic rings. The van der Waals surface area contributed by atoms with Gasteiger partial charge in [-0.05, 0) is 46.1 Å². The molecule has 0 saturated heterocycles. The predicted molar refractivity (Wildman–Crippen MR) is 126 cm³/mol. The van der Waals surface area contributed by atoms with Crippen molar-refractivity contribution < 1.29 is 28.7 Å². The molecule has 0 saturated carbocycles. The van der Waals surface area contributed by atoms with E-state index in [1.165, 1.54) is 0 Å². The largest absolute Gasteiger partial charge is 0.550 e. The first-order valence-electron chi connectivity index (χ1n) is 10.8. The van der Waals surface area contributed by atoms with Crippen molar-refractivity contribution in [2.75, 3.05) is 54.4 Å². The van der Waals surface area contributed by atoms with Crippen LogP contribution in [0.2, 0.25) is 0 Å². The zero-order valence-electron chi connectivity index (χ0n) is 20.3. The second-order valence-electron chi connectivity index (χ2n) is 8.93. The van der Waals surface area contributed by atoms with Gasteiger partial charge in [0.15, 0.2) is 5.78 Å². The van der Waals surface area contributed by atoms with E-state index >= 15 is 0 Å². The van der Waals surface area contributed by atoms with Crippen molar-refractivity contribution in [2.24, 2.45) is 0 Å². The Morgan fingerprint density at radius 2 is 1.70 bits per heavy atom. The van der Waals surface area contributed by atoms with Crippen molar-refractivity contribution >= 4 is 34.1 Å². The number of ether oxygens (including phenoxy) is 1. The Kier molecular flexibility index (Phi) is 8.73. The minimum Gasteiger partial charge on any atom is -0.550 e. The molecule has 0 amide bonds. The second kappa shape index (κ2) is 11.1. The molecule has 0 radical (unpaired) electrons. The highest BCUT2D eigenvalue weighted by molar-refractivity contribution is 6.12. The van der Waals surface area contributed by atoms with E-state index in [1.807, 2.05) is 40.9 Å². The topological polar surface area (TPSA) is 91.1 Å². The van der Waals surface area contributed by atoms with Crippen LogP contribution in [0.1, 0.15) is 34.6 Å². The summed E-state index contributed by atoms with van der Waals surface area (Å²) in [5.41, 5.74) is 2.80. The molecule has 0 unspecified atom stereocenters. The molecule has 2 aromatic heterocycles. The number of hydrogen-bond donors (Lipinski definition) is 0. The number of aromatic nitrogens is 1. The highest BCUT2D eigenvalue weighted by atomic mass is 16.5. The van der Waals surface area contributed by atoms with E-state index < -0.39 is 5.97 Å². The average molecular weight is 456 g/mol. The lowest BCUT2D eigenvalue weighted by molar-refractivity contribution is -0.889. The number of rotatable bonds is 8. The fourth-order valence-electron chi connectivity index (χ4n) is 3.41. The Labute approximate surface area is 194 Å².